The molecule has 0 aliphatic carbocycles. The Morgan fingerprint density at radius 1 is 1.14 bits per heavy atom. The van der Waals surface area contributed by atoms with Crippen LogP contribution >= 0.6 is 11.8 Å². The van der Waals surface area contributed by atoms with Gasteiger partial charge in [0.05, 0.1) is 17.1 Å². The van der Waals surface area contributed by atoms with Gasteiger partial charge in [0.2, 0.25) is 0 Å². The number of fused-ring (bicyclic) bond motifs is 1. The first-order chi connectivity index (χ1) is 13.4. The average Bonchev–Trinajstić information content (AvgIpc) is 2.67. The normalized spacial score (nSPS) is 11.9. The highest BCUT2D eigenvalue weighted by Gasteiger charge is 2.32. The van der Waals surface area contributed by atoms with E-state index in [1.807, 2.05) is 54.8 Å². The number of alkyl halides is 3. The fourth-order valence-electron chi connectivity index (χ4n) is 2.57. The molecule has 3 rings (SSSR count). The molecule has 1 heterocycles. The highest BCUT2D eigenvalue weighted by atomic mass is 32.2. The molecule has 0 saturated carbocycles. The summed E-state index contributed by atoms with van der Waals surface area (Å²) < 4.78 is 37.4. The number of quaternary nitrogens is 1. The smallest absolute Gasteiger partial charge is 0.340 e. The predicted octanol–water partition coefficient (Wildman–Crippen LogP) is 4.99. The lowest BCUT2D eigenvalue weighted by atomic mass is 10.2. The van der Waals surface area contributed by atoms with Gasteiger partial charge in [-0.1, -0.05) is 12.1 Å². The zero-order valence-corrected chi connectivity index (χ0v) is 15.7. The van der Waals surface area contributed by atoms with Crippen LogP contribution < -0.4 is 10.6 Å². The van der Waals surface area contributed by atoms with Crippen LogP contribution in [0.15, 0.2) is 71.8 Å². The maximum absolute atomic E-state index is 12.5. The van der Waals surface area contributed by atoms with E-state index in [1.165, 1.54) is 6.20 Å². The topological polar surface area (TPSA) is 65.4 Å². The van der Waals surface area contributed by atoms with Crippen molar-refractivity contribution in [1.82, 2.24) is 4.98 Å². The largest absolute Gasteiger partial charge is 0.432 e. The first-order valence-electron chi connectivity index (χ1n) is 8.35. The average molecular weight is 403 g/mol. The number of para-hydroxylation sites is 1. The minimum atomic E-state index is -4.65. The third-order valence-corrected chi connectivity index (χ3v) is 4.70. The molecule has 0 unspecified atom stereocenters. The van der Waals surface area contributed by atoms with Crippen LogP contribution in [0.5, 0.6) is 0 Å². The number of pyridine rings is 1. The minimum absolute atomic E-state index is 0.584. The number of allylic oxidation sites excluding steroid dienone is 1. The Balaban J connectivity index is 1.88. The van der Waals surface area contributed by atoms with Crippen LogP contribution in [0.3, 0.4) is 0 Å². The van der Waals surface area contributed by atoms with Crippen molar-refractivity contribution in [3.8, 4) is 0 Å². The van der Waals surface area contributed by atoms with E-state index < -0.39 is 11.9 Å². The molecule has 2 aromatic carbocycles. The highest BCUT2D eigenvalue weighted by Crippen LogP contribution is 2.25. The lowest BCUT2D eigenvalue weighted by Crippen LogP contribution is -2.71. The maximum Gasteiger partial charge on any atom is 0.432 e. The van der Waals surface area contributed by atoms with Crippen LogP contribution in [0.25, 0.3) is 10.9 Å². The second-order valence-electron chi connectivity index (χ2n) is 5.90. The first-order valence-corrected chi connectivity index (χ1v) is 9.57. The van der Waals surface area contributed by atoms with Crippen molar-refractivity contribution >= 4 is 45.6 Å². The Morgan fingerprint density at radius 3 is 2.54 bits per heavy atom. The number of benzene rings is 2. The summed E-state index contributed by atoms with van der Waals surface area (Å²) in [6.07, 6.45) is -0.681. The first kappa shape index (κ1) is 19.9. The van der Waals surface area contributed by atoms with Gasteiger partial charge in [0.15, 0.2) is 0 Å². The van der Waals surface area contributed by atoms with Crippen molar-refractivity contribution < 1.29 is 18.5 Å². The standard InChI is InChI=1S/C20H17F3N4S/c1-28-14-8-6-13(7-9-14)26-19-12-17(15-4-2-3-5-16(15)27-19)25-11-10-18(24)20(21,22)23/h2-12,24H,1H3,(H2,25,26,27)/p+1/b11-10-,24-18?. The summed E-state index contributed by atoms with van der Waals surface area (Å²) in [4.78, 5) is 5.72. The van der Waals surface area contributed by atoms with Crippen molar-refractivity contribution in [2.45, 2.75) is 11.1 Å². The predicted molar refractivity (Wildman–Crippen MR) is 108 cm³/mol. The van der Waals surface area contributed by atoms with E-state index in [9.17, 15) is 13.2 Å². The molecular formula is C20H18F3N4S+. The number of hydrogen-bond acceptors (Lipinski definition) is 4. The number of halogens is 3. The van der Waals surface area contributed by atoms with E-state index in [1.54, 1.807) is 23.1 Å². The van der Waals surface area contributed by atoms with Gasteiger partial charge >= 0.3 is 6.18 Å². The van der Waals surface area contributed by atoms with Crippen LogP contribution in [0, 0.1) is 5.41 Å². The lowest BCUT2D eigenvalue weighted by molar-refractivity contribution is -0.494. The van der Waals surface area contributed by atoms with Crippen LogP contribution in [-0.4, -0.2) is 23.1 Å². The fourth-order valence-corrected chi connectivity index (χ4v) is 2.98. The van der Waals surface area contributed by atoms with Gasteiger partial charge in [0.25, 0.3) is 0 Å². The number of hydrogen-bond donors (Lipinski definition) is 3. The molecule has 0 aliphatic heterocycles. The van der Waals surface area contributed by atoms with E-state index in [0.29, 0.717) is 11.5 Å². The summed E-state index contributed by atoms with van der Waals surface area (Å²) in [6, 6.07) is 17.0. The Morgan fingerprint density at radius 2 is 1.86 bits per heavy atom. The summed E-state index contributed by atoms with van der Waals surface area (Å²) in [7, 11) is 0. The number of rotatable bonds is 6. The Labute approximate surface area is 164 Å². The summed E-state index contributed by atoms with van der Waals surface area (Å²) in [5.74, 6) is 0.584. The van der Waals surface area contributed by atoms with E-state index in [-0.39, 0.29) is 0 Å². The molecule has 0 amide bonds. The zero-order valence-electron chi connectivity index (χ0n) is 14.9. The van der Waals surface area contributed by atoms with Gasteiger partial charge in [-0.25, -0.2) is 4.98 Å². The van der Waals surface area contributed by atoms with Crippen LogP contribution in [0.2, 0.25) is 0 Å². The van der Waals surface area contributed by atoms with Gasteiger partial charge in [-0.15, -0.1) is 11.8 Å². The van der Waals surface area contributed by atoms with Gasteiger partial charge in [-0.2, -0.15) is 13.2 Å². The van der Waals surface area contributed by atoms with Crippen molar-refractivity contribution in [2.75, 3.05) is 11.6 Å². The van der Waals surface area contributed by atoms with Crippen LogP contribution in [0.1, 0.15) is 0 Å². The van der Waals surface area contributed by atoms with Gasteiger partial charge < -0.3 is 5.32 Å². The quantitative estimate of drug-likeness (QED) is 0.401. The molecule has 0 bridgehead atoms. The maximum atomic E-state index is 12.5. The number of anilines is 2. The van der Waals surface area contributed by atoms with Crippen molar-refractivity contribution in [3.63, 3.8) is 0 Å². The highest BCUT2D eigenvalue weighted by molar-refractivity contribution is 7.98. The molecule has 144 valence electrons. The SMILES string of the molecule is CSc1ccc(Nc2cc([NH2+]/C=C\C(=N)C(F)(F)F)c3ccccc3n2)cc1. The van der Waals surface area contributed by atoms with Crippen molar-refractivity contribution in [3.05, 3.63) is 66.9 Å². The molecule has 0 fully saturated rings. The number of nitrogens with one attached hydrogen (secondary N) is 2. The molecule has 0 spiro atoms. The molecule has 0 atom stereocenters. The Hall–Kier alpha value is -2.84. The van der Waals surface area contributed by atoms with E-state index in [4.69, 9.17) is 5.41 Å². The van der Waals surface area contributed by atoms with Crippen LogP contribution in [0.4, 0.5) is 30.4 Å². The third-order valence-electron chi connectivity index (χ3n) is 3.95. The van der Waals surface area contributed by atoms with Gasteiger partial charge in [0.1, 0.15) is 17.2 Å². The summed E-state index contributed by atoms with van der Waals surface area (Å²) >= 11 is 1.65. The second-order valence-corrected chi connectivity index (χ2v) is 6.78. The summed E-state index contributed by atoms with van der Waals surface area (Å²) in [5, 5.41) is 12.6. The molecule has 0 saturated heterocycles. The van der Waals surface area contributed by atoms with Crippen molar-refractivity contribution in [1.29, 1.82) is 5.41 Å². The van der Waals surface area contributed by atoms with E-state index >= 15 is 0 Å². The van der Waals surface area contributed by atoms with Gasteiger partial charge in [-0.3, -0.25) is 10.7 Å². The number of aromatic nitrogens is 1. The molecular weight excluding hydrogens is 385 g/mol. The molecule has 28 heavy (non-hydrogen) atoms. The minimum Gasteiger partial charge on any atom is -0.340 e. The fraction of sp³-hybridized carbons (Fsp3) is 0.100. The summed E-state index contributed by atoms with van der Waals surface area (Å²) in [5.41, 5.74) is 0.897. The number of nitrogens with two attached hydrogens (primary N) is 1. The monoisotopic (exact) mass is 403 g/mol. The van der Waals surface area contributed by atoms with E-state index in [0.717, 1.165) is 27.6 Å². The molecule has 1 aromatic heterocycles. The number of nitrogens with zero attached hydrogens (tertiary/aromatic N) is 1. The van der Waals surface area contributed by atoms with Gasteiger partial charge in [-0.05, 0) is 42.7 Å². The zero-order chi connectivity index (χ0) is 20.1. The molecule has 0 aliphatic rings. The number of thioether (sulfide) groups is 1. The molecule has 3 aromatic rings. The van der Waals surface area contributed by atoms with Crippen molar-refractivity contribution in [2.24, 2.45) is 0 Å². The van der Waals surface area contributed by atoms with Gasteiger partial charge in [0, 0.05) is 22.7 Å². The van der Waals surface area contributed by atoms with Crippen LogP contribution in [-0.2, 0) is 0 Å². The van der Waals surface area contributed by atoms with E-state index in [2.05, 4.69) is 10.3 Å². The molecule has 4 nitrogen and oxygen atoms in total. The molecule has 8 heteroatoms. The Bertz CT molecular complexity index is 1010. The lowest BCUT2D eigenvalue weighted by Gasteiger charge is -2.09. The third kappa shape index (κ3) is 4.90. The second kappa shape index (κ2) is 8.45. The Kier molecular flexibility index (Phi) is 6.01. The summed E-state index contributed by atoms with van der Waals surface area (Å²) in [6.45, 7) is 0. The molecule has 4 N–H and O–H groups in total. The molecule has 0 radical (unpaired) electrons.